The van der Waals surface area contributed by atoms with Crippen molar-refractivity contribution in [1.82, 2.24) is 9.88 Å². The minimum Gasteiger partial charge on any atom is -0.381 e. The highest BCUT2D eigenvalue weighted by molar-refractivity contribution is 9.10. The van der Waals surface area contributed by atoms with E-state index >= 15 is 0 Å². The largest absolute Gasteiger partial charge is 0.381 e. The lowest BCUT2D eigenvalue weighted by molar-refractivity contribution is 0.0388. The zero-order chi connectivity index (χ0) is 11.4. The highest BCUT2D eigenvalue weighted by atomic mass is 79.9. The highest BCUT2D eigenvalue weighted by Crippen LogP contribution is 2.17. The summed E-state index contributed by atoms with van der Waals surface area (Å²) in [6.07, 6.45) is 6.49. The molecule has 88 valence electrons. The number of ether oxygens (including phenoxy) is 1. The van der Waals surface area contributed by atoms with Gasteiger partial charge in [-0.3, -0.25) is 9.88 Å². The number of hydrogen-bond acceptors (Lipinski definition) is 3. The lowest BCUT2D eigenvalue weighted by Gasteiger charge is -2.31. The molecule has 0 unspecified atom stereocenters. The molecular formula is C12H17BrN2O. The molecule has 2 rings (SSSR count). The van der Waals surface area contributed by atoms with Crippen molar-refractivity contribution in [2.45, 2.75) is 25.5 Å². The molecule has 1 aliphatic rings. The lowest BCUT2D eigenvalue weighted by Crippen LogP contribution is -2.36. The Morgan fingerprint density at radius 3 is 2.81 bits per heavy atom. The first-order valence-corrected chi connectivity index (χ1v) is 6.42. The van der Waals surface area contributed by atoms with Crippen molar-refractivity contribution >= 4 is 15.9 Å². The number of likely N-dealkylation sites (tertiary alicyclic amines) is 1. The first-order chi connectivity index (χ1) is 7.78. The molecule has 2 heterocycles. The summed E-state index contributed by atoms with van der Waals surface area (Å²) in [5, 5.41) is 0. The Labute approximate surface area is 105 Å². The molecule has 0 radical (unpaired) electrons. The summed E-state index contributed by atoms with van der Waals surface area (Å²) in [7, 11) is 1.80. The quantitative estimate of drug-likeness (QED) is 0.853. The summed E-state index contributed by atoms with van der Waals surface area (Å²) < 4.78 is 6.41. The number of nitrogens with zero attached hydrogens (tertiary/aromatic N) is 2. The van der Waals surface area contributed by atoms with Gasteiger partial charge in [0.2, 0.25) is 0 Å². The van der Waals surface area contributed by atoms with Gasteiger partial charge in [-0.05, 0) is 40.4 Å². The zero-order valence-corrected chi connectivity index (χ0v) is 11.1. The van der Waals surface area contributed by atoms with Gasteiger partial charge in [0.15, 0.2) is 0 Å². The monoisotopic (exact) mass is 284 g/mol. The summed E-state index contributed by atoms with van der Waals surface area (Å²) in [6.45, 7) is 3.22. The van der Waals surface area contributed by atoms with Gasteiger partial charge in [-0.25, -0.2) is 0 Å². The standard InChI is InChI=1S/C12H17BrN2O/c1-16-12-2-4-15(5-3-12)9-10-6-11(13)8-14-7-10/h6-8,12H,2-5,9H2,1H3. The third-order valence-corrected chi connectivity index (χ3v) is 3.47. The van der Waals surface area contributed by atoms with E-state index in [0.29, 0.717) is 6.10 Å². The van der Waals surface area contributed by atoms with E-state index in [-0.39, 0.29) is 0 Å². The number of rotatable bonds is 3. The van der Waals surface area contributed by atoms with Crippen LogP contribution < -0.4 is 0 Å². The summed E-state index contributed by atoms with van der Waals surface area (Å²) >= 11 is 3.45. The van der Waals surface area contributed by atoms with E-state index < -0.39 is 0 Å². The molecule has 4 heteroatoms. The maximum absolute atomic E-state index is 5.36. The zero-order valence-electron chi connectivity index (χ0n) is 9.53. The number of pyridine rings is 1. The summed E-state index contributed by atoms with van der Waals surface area (Å²) in [5.74, 6) is 0. The topological polar surface area (TPSA) is 25.4 Å². The summed E-state index contributed by atoms with van der Waals surface area (Å²) in [6, 6.07) is 2.13. The van der Waals surface area contributed by atoms with Crippen molar-refractivity contribution in [2.24, 2.45) is 0 Å². The van der Waals surface area contributed by atoms with Gasteiger partial charge < -0.3 is 4.74 Å². The van der Waals surface area contributed by atoms with E-state index in [9.17, 15) is 0 Å². The maximum Gasteiger partial charge on any atom is 0.0595 e. The molecule has 0 amide bonds. The van der Waals surface area contributed by atoms with Crippen LogP contribution in [-0.4, -0.2) is 36.2 Å². The van der Waals surface area contributed by atoms with Gasteiger partial charge in [0.05, 0.1) is 6.10 Å². The molecule has 0 bridgehead atoms. The second-order valence-corrected chi connectivity index (χ2v) is 5.14. The molecule has 0 aromatic carbocycles. The molecule has 1 aromatic heterocycles. The Hall–Kier alpha value is -0.450. The fraction of sp³-hybridized carbons (Fsp3) is 0.583. The Kier molecular flexibility index (Phi) is 4.32. The van der Waals surface area contributed by atoms with Gasteiger partial charge in [-0.1, -0.05) is 0 Å². The predicted octanol–water partition coefficient (Wildman–Crippen LogP) is 2.45. The van der Waals surface area contributed by atoms with Crippen LogP contribution >= 0.6 is 15.9 Å². The van der Waals surface area contributed by atoms with Crippen LogP contribution in [0.5, 0.6) is 0 Å². The molecule has 1 aliphatic heterocycles. The van der Waals surface area contributed by atoms with Crippen LogP contribution in [0.15, 0.2) is 22.9 Å². The van der Waals surface area contributed by atoms with Crippen LogP contribution in [-0.2, 0) is 11.3 Å². The van der Waals surface area contributed by atoms with Crippen molar-refractivity contribution in [3.63, 3.8) is 0 Å². The summed E-state index contributed by atoms with van der Waals surface area (Å²) in [4.78, 5) is 6.64. The normalized spacial score (nSPS) is 18.9. The van der Waals surface area contributed by atoms with Crippen LogP contribution in [0.3, 0.4) is 0 Å². The Morgan fingerprint density at radius 1 is 1.44 bits per heavy atom. The van der Waals surface area contributed by atoms with Crippen LogP contribution in [0.4, 0.5) is 0 Å². The van der Waals surface area contributed by atoms with E-state index in [4.69, 9.17) is 4.74 Å². The van der Waals surface area contributed by atoms with Crippen molar-refractivity contribution in [3.8, 4) is 0 Å². The van der Waals surface area contributed by atoms with Crippen LogP contribution in [0.25, 0.3) is 0 Å². The molecule has 0 atom stereocenters. The third-order valence-electron chi connectivity index (χ3n) is 3.04. The fourth-order valence-corrected chi connectivity index (χ4v) is 2.52. The van der Waals surface area contributed by atoms with E-state index in [0.717, 1.165) is 36.9 Å². The molecule has 0 aliphatic carbocycles. The first kappa shape index (κ1) is 12.0. The number of piperidine rings is 1. The molecular weight excluding hydrogens is 268 g/mol. The number of hydrogen-bond donors (Lipinski definition) is 0. The van der Waals surface area contributed by atoms with Gasteiger partial charge >= 0.3 is 0 Å². The molecule has 0 saturated carbocycles. The lowest BCUT2D eigenvalue weighted by atomic mass is 10.1. The maximum atomic E-state index is 5.36. The van der Waals surface area contributed by atoms with Crippen LogP contribution in [0.1, 0.15) is 18.4 Å². The summed E-state index contributed by atoms with van der Waals surface area (Å²) in [5.41, 5.74) is 1.27. The molecule has 0 spiro atoms. The number of methoxy groups -OCH3 is 1. The third kappa shape index (κ3) is 3.27. The minimum absolute atomic E-state index is 0.455. The Bertz CT molecular complexity index is 338. The second kappa shape index (κ2) is 5.75. The Morgan fingerprint density at radius 2 is 2.19 bits per heavy atom. The van der Waals surface area contributed by atoms with E-state index in [2.05, 4.69) is 31.9 Å². The fourth-order valence-electron chi connectivity index (χ4n) is 2.10. The smallest absolute Gasteiger partial charge is 0.0595 e. The van der Waals surface area contributed by atoms with Gasteiger partial charge in [-0.15, -0.1) is 0 Å². The average molecular weight is 285 g/mol. The average Bonchev–Trinajstić information content (AvgIpc) is 2.30. The Balaban J connectivity index is 1.87. The minimum atomic E-state index is 0.455. The molecule has 1 aromatic rings. The SMILES string of the molecule is COC1CCN(Cc2cncc(Br)c2)CC1. The van der Waals surface area contributed by atoms with Crippen molar-refractivity contribution < 1.29 is 4.74 Å². The molecule has 1 saturated heterocycles. The second-order valence-electron chi connectivity index (χ2n) is 4.22. The van der Waals surface area contributed by atoms with Crippen LogP contribution in [0, 0.1) is 0 Å². The molecule has 3 nitrogen and oxygen atoms in total. The number of halogens is 1. The highest BCUT2D eigenvalue weighted by Gasteiger charge is 2.18. The van der Waals surface area contributed by atoms with Crippen LogP contribution in [0.2, 0.25) is 0 Å². The van der Waals surface area contributed by atoms with Crippen molar-refractivity contribution in [1.29, 1.82) is 0 Å². The molecule has 16 heavy (non-hydrogen) atoms. The molecule has 0 N–H and O–H groups in total. The van der Waals surface area contributed by atoms with Crippen molar-refractivity contribution in [2.75, 3.05) is 20.2 Å². The van der Waals surface area contributed by atoms with Gasteiger partial charge in [0.25, 0.3) is 0 Å². The van der Waals surface area contributed by atoms with Gasteiger partial charge in [0.1, 0.15) is 0 Å². The van der Waals surface area contributed by atoms with Crippen molar-refractivity contribution in [3.05, 3.63) is 28.5 Å². The van der Waals surface area contributed by atoms with Gasteiger partial charge in [0, 0.05) is 43.6 Å². The van der Waals surface area contributed by atoms with Gasteiger partial charge in [-0.2, -0.15) is 0 Å². The molecule has 1 fully saturated rings. The number of aromatic nitrogens is 1. The predicted molar refractivity (Wildman–Crippen MR) is 67.2 cm³/mol. The van der Waals surface area contributed by atoms with E-state index in [1.807, 2.05) is 12.4 Å². The first-order valence-electron chi connectivity index (χ1n) is 5.62. The van der Waals surface area contributed by atoms with E-state index in [1.54, 1.807) is 7.11 Å². The van der Waals surface area contributed by atoms with E-state index in [1.165, 1.54) is 5.56 Å².